The van der Waals surface area contributed by atoms with E-state index in [1.807, 2.05) is 25.1 Å². The van der Waals surface area contributed by atoms with Gasteiger partial charge in [0.2, 0.25) is 6.79 Å². The van der Waals surface area contributed by atoms with Gasteiger partial charge in [-0.1, -0.05) is 6.07 Å². The van der Waals surface area contributed by atoms with Crippen molar-refractivity contribution in [3.63, 3.8) is 0 Å². The third-order valence-electron chi connectivity index (χ3n) is 3.84. The van der Waals surface area contributed by atoms with Gasteiger partial charge in [-0.3, -0.25) is 4.79 Å². The van der Waals surface area contributed by atoms with E-state index in [2.05, 4.69) is 10.3 Å². The van der Waals surface area contributed by atoms with Gasteiger partial charge in [-0.05, 0) is 37.5 Å². The number of fused-ring (bicyclic) bond motifs is 1. The fourth-order valence-corrected chi connectivity index (χ4v) is 3.60. The fraction of sp³-hybridized carbons (Fsp3) is 0.375. The second-order valence-electron chi connectivity index (χ2n) is 5.61. The molecule has 0 radical (unpaired) electrons. The molecule has 22 heavy (non-hydrogen) atoms. The number of amides is 1. The molecule has 0 bridgehead atoms. The number of ether oxygens (including phenoxy) is 2. The van der Waals surface area contributed by atoms with Crippen LogP contribution in [0.5, 0.6) is 11.5 Å². The van der Waals surface area contributed by atoms with Gasteiger partial charge in [0.05, 0.1) is 10.7 Å². The number of nitrogens with one attached hydrogen (secondary N) is 1. The molecule has 2 aliphatic rings. The van der Waals surface area contributed by atoms with Gasteiger partial charge >= 0.3 is 0 Å². The van der Waals surface area contributed by atoms with E-state index in [0.29, 0.717) is 12.5 Å². The molecule has 1 aromatic heterocycles. The Kier molecular flexibility index (Phi) is 3.26. The van der Waals surface area contributed by atoms with Gasteiger partial charge in [0.25, 0.3) is 5.91 Å². The first kappa shape index (κ1) is 13.6. The Labute approximate surface area is 132 Å². The Balaban J connectivity index is 1.43. The lowest BCUT2D eigenvalue weighted by atomic mass is 10.2. The highest BCUT2D eigenvalue weighted by atomic mass is 32.1. The zero-order chi connectivity index (χ0) is 15.1. The minimum absolute atomic E-state index is 0.0560. The maximum Gasteiger partial charge on any atom is 0.263 e. The topological polar surface area (TPSA) is 60.5 Å². The molecule has 5 nitrogen and oxygen atoms in total. The van der Waals surface area contributed by atoms with Gasteiger partial charge in [0, 0.05) is 12.5 Å². The van der Waals surface area contributed by atoms with Crippen LogP contribution in [0.15, 0.2) is 18.2 Å². The number of carbonyl (C=O) groups excluding carboxylic acids is 1. The van der Waals surface area contributed by atoms with Crippen LogP contribution in [0.25, 0.3) is 0 Å². The second kappa shape index (κ2) is 5.28. The van der Waals surface area contributed by atoms with Crippen LogP contribution in [0.3, 0.4) is 0 Å². The van der Waals surface area contributed by atoms with Crippen molar-refractivity contribution in [3.8, 4) is 11.5 Å². The third kappa shape index (κ3) is 2.54. The van der Waals surface area contributed by atoms with E-state index < -0.39 is 0 Å². The number of hydrogen-bond acceptors (Lipinski definition) is 5. The molecule has 1 aliphatic carbocycles. The predicted octanol–water partition coefficient (Wildman–Crippen LogP) is 2.99. The average molecular weight is 316 g/mol. The molecule has 4 rings (SSSR count). The zero-order valence-corrected chi connectivity index (χ0v) is 13.0. The first-order valence-electron chi connectivity index (χ1n) is 7.35. The fourth-order valence-electron chi connectivity index (χ4n) is 2.45. The maximum atomic E-state index is 12.3. The van der Waals surface area contributed by atoms with E-state index in [0.717, 1.165) is 32.6 Å². The Hall–Kier alpha value is -2.08. The Bertz CT molecular complexity index is 737. The highest BCUT2D eigenvalue weighted by Crippen LogP contribution is 2.42. The van der Waals surface area contributed by atoms with Crippen LogP contribution in [0, 0.1) is 6.92 Å². The Morgan fingerprint density at radius 3 is 3.00 bits per heavy atom. The summed E-state index contributed by atoms with van der Waals surface area (Å²) in [5, 5.41) is 4.06. The minimum Gasteiger partial charge on any atom is -0.454 e. The van der Waals surface area contributed by atoms with Crippen molar-refractivity contribution in [2.45, 2.75) is 32.2 Å². The van der Waals surface area contributed by atoms with Gasteiger partial charge < -0.3 is 14.8 Å². The molecule has 0 atom stereocenters. The SMILES string of the molecule is Cc1nc(C2CC2)sc1C(=O)NCc1ccc2c(c1)OCO2. The summed E-state index contributed by atoms with van der Waals surface area (Å²) < 4.78 is 10.6. The number of thiazole rings is 1. The maximum absolute atomic E-state index is 12.3. The van der Waals surface area contributed by atoms with E-state index in [1.165, 1.54) is 24.2 Å². The summed E-state index contributed by atoms with van der Waals surface area (Å²) in [4.78, 5) is 17.6. The molecular weight excluding hydrogens is 300 g/mol. The molecule has 1 saturated carbocycles. The van der Waals surface area contributed by atoms with Gasteiger partial charge in [0.1, 0.15) is 4.88 Å². The summed E-state index contributed by atoms with van der Waals surface area (Å²) in [7, 11) is 0. The summed E-state index contributed by atoms with van der Waals surface area (Å²) >= 11 is 1.53. The van der Waals surface area contributed by atoms with Crippen LogP contribution in [0.4, 0.5) is 0 Å². The Morgan fingerprint density at radius 1 is 1.36 bits per heavy atom. The Morgan fingerprint density at radius 2 is 2.18 bits per heavy atom. The van der Waals surface area contributed by atoms with Crippen LogP contribution in [0.1, 0.15) is 44.7 Å². The molecule has 0 unspecified atom stereocenters. The molecule has 114 valence electrons. The first-order chi connectivity index (χ1) is 10.7. The summed E-state index contributed by atoms with van der Waals surface area (Å²) in [6.45, 7) is 2.62. The molecule has 1 aromatic carbocycles. The van der Waals surface area contributed by atoms with Crippen molar-refractivity contribution in [3.05, 3.63) is 39.3 Å². The second-order valence-corrected chi connectivity index (χ2v) is 6.64. The summed E-state index contributed by atoms with van der Waals surface area (Å²) in [6, 6.07) is 5.70. The molecular formula is C16H16N2O3S. The summed E-state index contributed by atoms with van der Waals surface area (Å²) in [5.74, 6) is 2.01. The number of aromatic nitrogens is 1. The van der Waals surface area contributed by atoms with Crippen molar-refractivity contribution in [2.24, 2.45) is 0 Å². The number of hydrogen-bond donors (Lipinski definition) is 1. The van der Waals surface area contributed by atoms with E-state index >= 15 is 0 Å². The van der Waals surface area contributed by atoms with Crippen molar-refractivity contribution in [1.29, 1.82) is 0 Å². The molecule has 1 aliphatic heterocycles. The smallest absolute Gasteiger partial charge is 0.263 e. The number of carbonyl (C=O) groups is 1. The quantitative estimate of drug-likeness (QED) is 0.942. The molecule has 0 saturated heterocycles. The third-order valence-corrected chi connectivity index (χ3v) is 5.15. The van der Waals surface area contributed by atoms with Crippen molar-refractivity contribution >= 4 is 17.2 Å². The molecule has 1 fully saturated rings. The van der Waals surface area contributed by atoms with Crippen LogP contribution >= 0.6 is 11.3 Å². The van der Waals surface area contributed by atoms with Crippen LogP contribution in [-0.2, 0) is 6.54 Å². The van der Waals surface area contributed by atoms with Gasteiger partial charge in [-0.15, -0.1) is 11.3 Å². The van der Waals surface area contributed by atoms with E-state index in [4.69, 9.17) is 9.47 Å². The van der Waals surface area contributed by atoms with Gasteiger partial charge in [-0.25, -0.2) is 4.98 Å². The zero-order valence-electron chi connectivity index (χ0n) is 12.2. The number of rotatable bonds is 4. The highest BCUT2D eigenvalue weighted by molar-refractivity contribution is 7.13. The number of benzene rings is 1. The van der Waals surface area contributed by atoms with Crippen molar-refractivity contribution in [1.82, 2.24) is 10.3 Å². The number of nitrogens with zero attached hydrogens (tertiary/aromatic N) is 1. The van der Waals surface area contributed by atoms with Crippen LogP contribution in [-0.4, -0.2) is 17.7 Å². The van der Waals surface area contributed by atoms with Crippen LogP contribution < -0.4 is 14.8 Å². The average Bonchev–Trinajstić information content (AvgIpc) is 3.14. The summed E-state index contributed by atoms with van der Waals surface area (Å²) in [6.07, 6.45) is 2.40. The molecule has 2 aromatic rings. The van der Waals surface area contributed by atoms with Crippen LogP contribution in [0.2, 0.25) is 0 Å². The number of aryl methyl sites for hydroxylation is 1. The molecule has 6 heteroatoms. The monoisotopic (exact) mass is 316 g/mol. The lowest BCUT2D eigenvalue weighted by molar-refractivity contribution is 0.0954. The molecule has 2 heterocycles. The summed E-state index contributed by atoms with van der Waals surface area (Å²) in [5.41, 5.74) is 1.82. The molecule has 1 N–H and O–H groups in total. The van der Waals surface area contributed by atoms with Gasteiger partial charge in [0.15, 0.2) is 11.5 Å². The molecule has 0 spiro atoms. The first-order valence-corrected chi connectivity index (χ1v) is 8.16. The van der Waals surface area contributed by atoms with Gasteiger partial charge in [-0.2, -0.15) is 0 Å². The van der Waals surface area contributed by atoms with Crippen molar-refractivity contribution < 1.29 is 14.3 Å². The highest BCUT2D eigenvalue weighted by Gasteiger charge is 2.28. The lowest BCUT2D eigenvalue weighted by Gasteiger charge is -2.05. The van der Waals surface area contributed by atoms with Crippen molar-refractivity contribution in [2.75, 3.05) is 6.79 Å². The standard InChI is InChI=1S/C16H16N2O3S/c1-9-14(22-16(18-9)11-3-4-11)15(19)17-7-10-2-5-12-13(6-10)21-8-20-12/h2,5-6,11H,3-4,7-8H2,1H3,(H,17,19). The predicted molar refractivity (Wildman–Crippen MR) is 82.6 cm³/mol. The largest absolute Gasteiger partial charge is 0.454 e. The van der Waals surface area contributed by atoms with E-state index in [-0.39, 0.29) is 12.7 Å². The molecule has 1 amide bonds. The normalized spacial score (nSPS) is 15.9. The lowest BCUT2D eigenvalue weighted by Crippen LogP contribution is -2.22. The minimum atomic E-state index is -0.0560. The van der Waals surface area contributed by atoms with E-state index in [9.17, 15) is 4.79 Å². The van der Waals surface area contributed by atoms with E-state index in [1.54, 1.807) is 0 Å².